The van der Waals surface area contributed by atoms with Gasteiger partial charge >= 0.3 is 5.97 Å². The van der Waals surface area contributed by atoms with Crippen molar-refractivity contribution in [2.45, 2.75) is 65.0 Å². The molecule has 19 heavy (non-hydrogen) atoms. The van der Waals surface area contributed by atoms with E-state index in [0.29, 0.717) is 19.2 Å². The zero-order valence-corrected chi connectivity index (χ0v) is 12.7. The Morgan fingerprint density at radius 1 is 1.42 bits per heavy atom. The lowest BCUT2D eigenvalue weighted by molar-refractivity contribution is -0.152. The van der Waals surface area contributed by atoms with Crippen LogP contribution in [0.15, 0.2) is 0 Å². The molecule has 1 fully saturated rings. The lowest BCUT2D eigenvalue weighted by atomic mass is 9.87. The van der Waals surface area contributed by atoms with Crippen LogP contribution in [0.1, 0.15) is 52.9 Å². The van der Waals surface area contributed by atoms with E-state index in [1.54, 1.807) is 0 Å². The minimum atomic E-state index is -0.101. The van der Waals surface area contributed by atoms with Crippen molar-refractivity contribution in [3.05, 3.63) is 0 Å². The number of ether oxygens (including phenoxy) is 1. The van der Waals surface area contributed by atoms with Crippen molar-refractivity contribution < 1.29 is 9.53 Å². The Morgan fingerprint density at radius 2 is 2.16 bits per heavy atom. The largest absolute Gasteiger partial charge is 0.465 e. The zero-order valence-electron chi connectivity index (χ0n) is 12.7. The second-order valence-electron chi connectivity index (χ2n) is 5.48. The summed E-state index contributed by atoms with van der Waals surface area (Å²) in [5, 5.41) is 0. The second kappa shape index (κ2) is 8.54. The van der Waals surface area contributed by atoms with E-state index in [1.807, 2.05) is 6.92 Å². The zero-order chi connectivity index (χ0) is 14.3. The molecule has 1 aliphatic heterocycles. The number of carbonyl (C=O) groups is 1. The van der Waals surface area contributed by atoms with Crippen molar-refractivity contribution in [1.29, 1.82) is 0 Å². The Labute approximate surface area is 117 Å². The van der Waals surface area contributed by atoms with Gasteiger partial charge in [0, 0.05) is 12.6 Å². The van der Waals surface area contributed by atoms with E-state index in [-0.39, 0.29) is 12.0 Å². The predicted octanol–water partition coefficient (Wildman–Crippen LogP) is 2.17. The lowest BCUT2D eigenvalue weighted by Gasteiger charge is -2.42. The molecular weight excluding hydrogens is 240 g/mol. The van der Waals surface area contributed by atoms with E-state index in [9.17, 15) is 4.79 Å². The molecule has 0 aromatic carbocycles. The maximum Gasteiger partial charge on any atom is 0.323 e. The maximum atomic E-state index is 12.1. The van der Waals surface area contributed by atoms with Crippen LogP contribution in [-0.4, -0.2) is 42.6 Å². The molecule has 0 amide bonds. The Hall–Kier alpha value is -0.610. The van der Waals surface area contributed by atoms with Gasteiger partial charge in [-0.05, 0) is 38.6 Å². The average molecular weight is 270 g/mol. The number of esters is 1. The number of piperidine rings is 1. The SMILES string of the molecule is CCCC(C(=O)OCC)N1CCC(CC)CC1CN. The topological polar surface area (TPSA) is 55.6 Å². The van der Waals surface area contributed by atoms with E-state index >= 15 is 0 Å². The molecule has 4 nitrogen and oxygen atoms in total. The van der Waals surface area contributed by atoms with Crippen molar-refractivity contribution in [2.75, 3.05) is 19.7 Å². The summed E-state index contributed by atoms with van der Waals surface area (Å²) in [5.74, 6) is 0.687. The fraction of sp³-hybridized carbons (Fsp3) is 0.933. The van der Waals surface area contributed by atoms with Crippen LogP contribution in [-0.2, 0) is 9.53 Å². The van der Waals surface area contributed by atoms with Gasteiger partial charge in [-0.15, -0.1) is 0 Å². The van der Waals surface area contributed by atoms with Gasteiger partial charge < -0.3 is 10.5 Å². The number of rotatable bonds is 7. The van der Waals surface area contributed by atoms with Crippen molar-refractivity contribution in [1.82, 2.24) is 4.90 Å². The number of hydrogen-bond acceptors (Lipinski definition) is 4. The smallest absolute Gasteiger partial charge is 0.323 e. The Balaban J connectivity index is 2.73. The summed E-state index contributed by atoms with van der Waals surface area (Å²) in [5.41, 5.74) is 5.92. The fourth-order valence-corrected chi connectivity index (χ4v) is 3.10. The summed E-state index contributed by atoms with van der Waals surface area (Å²) in [6, 6.07) is 0.232. The third kappa shape index (κ3) is 4.46. The van der Waals surface area contributed by atoms with Crippen molar-refractivity contribution in [2.24, 2.45) is 11.7 Å². The summed E-state index contributed by atoms with van der Waals surface area (Å²) < 4.78 is 5.23. The van der Waals surface area contributed by atoms with Gasteiger partial charge in [0.1, 0.15) is 6.04 Å². The van der Waals surface area contributed by atoms with Crippen LogP contribution < -0.4 is 5.73 Å². The standard InChI is InChI=1S/C15H30N2O2/c1-4-7-14(15(18)19-6-3)17-9-8-12(5-2)10-13(17)11-16/h12-14H,4-11,16H2,1-3H3. The van der Waals surface area contributed by atoms with Crippen LogP contribution in [0, 0.1) is 5.92 Å². The van der Waals surface area contributed by atoms with Crippen LogP contribution in [0.5, 0.6) is 0 Å². The molecule has 4 heteroatoms. The molecule has 0 aliphatic carbocycles. The molecule has 3 unspecified atom stereocenters. The summed E-state index contributed by atoms with van der Waals surface area (Å²) in [4.78, 5) is 14.4. The molecule has 1 heterocycles. The molecule has 1 saturated heterocycles. The first-order valence-corrected chi connectivity index (χ1v) is 7.80. The highest BCUT2D eigenvalue weighted by atomic mass is 16.5. The third-order valence-electron chi connectivity index (χ3n) is 4.24. The first-order valence-electron chi connectivity index (χ1n) is 7.80. The van der Waals surface area contributed by atoms with Crippen LogP contribution in [0.25, 0.3) is 0 Å². The molecular formula is C15H30N2O2. The molecule has 0 radical (unpaired) electrons. The van der Waals surface area contributed by atoms with Gasteiger partial charge in [0.2, 0.25) is 0 Å². The van der Waals surface area contributed by atoms with E-state index in [2.05, 4.69) is 18.7 Å². The monoisotopic (exact) mass is 270 g/mol. The van der Waals surface area contributed by atoms with Gasteiger partial charge in [-0.3, -0.25) is 9.69 Å². The van der Waals surface area contributed by atoms with Gasteiger partial charge in [0.15, 0.2) is 0 Å². The molecule has 1 aliphatic rings. The normalized spacial score (nSPS) is 26.1. The minimum absolute atomic E-state index is 0.0715. The molecule has 112 valence electrons. The molecule has 0 aromatic rings. The quantitative estimate of drug-likeness (QED) is 0.720. The highest BCUT2D eigenvalue weighted by molar-refractivity contribution is 5.75. The molecule has 2 N–H and O–H groups in total. The molecule has 3 atom stereocenters. The molecule has 0 aromatic heterocycles. The maximum absolute atomic E-state index is 12.1. The number of nitrogens with two attached hydrogens (primary N) is 1. The van der Waals surface area contributed by atoms with Gasteiger partial charge in [0.25, 0.3) is 0 Å². The Kier molecular flexibility index (Phi) is 7.39. The van der Waals surface area contributed by atoms with Crippen molar-refractivity contribution in [3.63, 3.8) is 0 Å². The van der Waals surface area contributed by atoms with Crippen LogP contribution in [0.3, 0.4) is 0 Å². The van der Waals surface area contributed by atoms with Crippen LogP contribution in [0.2, 0.25) is 0 Å². The summed E-state index contributed by atoms with van der Waals surface area (Å²) in [7, 11) is 0. The number of likely N-dealkylation sites (tertiary alicyclic amines) is 1. The second-order valence-corrected chi connectivity index (χ2v) is 5.48. The summed E-state index contributed by atoms with van der Waals surface area (Å²) in [6.07, 6.45) is 5.36. The van der Waals surface area contributed by atoms with Crippen molar-refractivity contribution in [3.8, 4) is 0 Å². The van der Waals surface area contributed by atoms with Crippen LogP contribution >= 0.6 is 0 Å². The van der Waals surface area contributed by atoms with E-state index in [1.165, 1.54) is 12.8 Å². The van der Waals surface area contributed by atoms with Gasteiger partial charge in [0.05, 0.1) is 6.61 Å². The van der Waals surface area contributed by atoms with E-state index < -0.39 is 0 Å². The molecule has 0 saturated carbocycles. The summed E-state index contributed by atoms with van der Waals surface area (Å²) >= 11 is 0. The van der Waals surface area contributed by atoms with E-state index in [0.717, 1.165) is 31.7 Å². The Morgan fingerprint density at radius 3 is 2.68 bits per heavy atom. The minimum Gasteiger partial charge on any atom is -0.465 e. The number of carbonyl (C=O) groups excluding carboxylic acids is 1. The third-order valence-corrected chi connectivity index (χ3v) is 4.24. The Bertz CT molecular complexity index is 271. The highest BCUT2D eigenvalue weighted by Gasteiger charge is 2.35. The predicted molar refractivity (Wildman–Crippen MR) is 77.9 cm³/mol. The number of nitrogens with zero attached hydrogens (tertiary/aromatic N) is 1. The lowest BCUT2D eigenvalue weighted by Crippen LogP contribution is -2.54. The first kappa shape index (κ1) is 16.4. The van der Waals surface area contributed by atoms with E-state index in [4.69, 9.17) is 10.5 Å². The first-order chi connectivity index (χ1) is 9.17. The molecule has 0 bridgehead atoms. The van der Waals surface area contributed by atoms with Gasteiger partial charge in [-0.1, -0.05) is 26.7 Å². The van der Waals surface area contributed by atoms with Gasteiger partial charge in [-0.25, -0.2) is 0 Å². The van der Waals surface area contributed by atoms with Gasteiger partial charge in [-0.2, -0.15) is 0 Å². The van der Waals surface area contributed by atoms with Crippen LogP contribution in [0.4, 0.5) is 0 Å². The molecule has 1 rings (SSSR count). The fourth-order valence-electron chi connectivity index (χ4n) is 3.10. The summed E-state index contributed by atoms with van der Waals surface area (Å²) in [6.45, 7) is 8.29. The number of hydrogen-bond donors (Lipinski definition) is 1. The van der Waals surface area contributed by atoms with Crippen molar-refractivity contribution >= 4 is 5.97 Å². The molecule has 0 spiro atoms. The average Bonchev–Trinajstić information content (AvgIpc) is 2.44. The highest BCUT2D eigenvalue weighted by Crippen LogP contribution is 2.28.